The van der Waals surface area contributed by atoms with Gasteiger partial charge < -0.3 is 5.32 Å². The Morgan fingerprint density at radius 2 is 1.75 bits per heavy atom. The van der Waals surface area contributed by atoms with E-state index in [1.165, 1.54) is 18.2 Å². The van der Waals surface area contributed by atoms with Crippen LogP contribution < -0.4 is 5.32 Å². The summed E-state index contributed by atoms with van der Waals surface area (Å²) in [5.74, 6) is -0.451. The van der Waals surface area contributed by atoms with Crippen molar-refractivity contribution < 1.29 is 8.78 Å². The van der Waals surface area contributed by atoms with E-state index in [-0.39, 0.29) is 17.7 Å². The van der Waals surface area contributed by atoms with Crippen molar-refractivity contribution in [2.24, 2.45) is 0 Å². The second kappa shape index (κ2) is 6.95. The van der Waals surface area contributed by atoms with E-state index < -0.39 is 0 Å². The third-order valence-corrected chi connectivity index (χ3v) is 3.78. The lowest BCUT2D eigenvalue weighted by atomic mass is 9.99. The zero-order valence-corrected chi connectivity index (χ0v) is 12.8. The lowest BCUT2D eigenvalue weighted by molar-refractivity contribution is 0.531. The van der Waals surface area contributed by atoms with E-state index in [0.29, 0.717) is 12.0 Å². The first-order valence-electron chi connectivity index (χ1n) is 6.44. The summed E-state index contributed by atoms with van der Waals surface area (Å²) in [6, 6.07) is 11.6. The van der Waals surface area contributed by atoms with Gasteiger partial charge in [0.05, 0.1) is 0 Å². The Balaban J connectivity index is 2.07. The van der Waals surface area contributed by atoms with Crippen molar-refractivity contribution >= 4 is 15.9 Å². The molecule has 2 aromatic carbocycles. The predicted molar refractivity (Wildman–Crippen MR) is 80.8 cm³/mol. The van der Waals surface area contributed by atoms with Crippen LogP contribution >= 0.6 is 15.9 Å². The summed E-state index contributed by atoms with van der Waals surface area (Å²) in [6.45, 7) is 0. The highest BCUT2D eigenvalue weighted by atomic mass is 79.9. The molecule has 1 atom stereocenters. The minimum absolute atomic E-state index is 0.108. The van der Waals surface area contributed by atoms with Crippen LogP contribution in [0.25, 0.3) is 0 Å². The van der Waals surface area contributed by atoms with Gasteiger partial charge in [-0.05, 0) is 55.3 Å². The average Bonchev–Trinajstić information content (AvgIpc) is 2.43. The zero-order valence-electron chi connectivity index (χ0n) is 11.2. The van der Waals surface area contributed by atoms with Crippen molar-refractivity contribution in [2.45, 2.75) is 18.9 Å². The van der Waals surface area contributed by atoms with E-state index in [0.717, 1.165) is 16.5 Å². The molecule has 0 aliphatic carbocycles. The summed E-state index contributed by atoms with van der Waals surface area (Å²) < 4.78 is 27.4. The molecule has 2 aromatic rings. The minimum Gasteiger partial charge on any atom is -0.316 e. The van der Waals surface area contributed by atoms with Gasteiger partial charge in [-0.2, -0.15) is 0 Å². The molecule has 2 rings (SSSR count). The van der Waals surface area contributed by atoms with E-state index in [1.807, 2.05) is 13.1 Å². The average molecular weight is 340 g/mol. The highest BCUT2D eigenvalue weighted by Crippen LogP contribution is 2.17. The molecule has 0 amide bonds. The van der Waals surface area contributed by atoms with Crippen molar-refractivity contribution in [2.75, 3.05) is 7.05 Å². The maximum absolute atomic E-state index is 13.8. The molecule has 0 aliphatic heterocycles. The molecule has 0 heterocycles. The second-order valence-corrected chi connectivity index (χ2v) is 5.67. The van der Waals surface area contributed by atoms with Crippen LogP contribution in [0.2, 0.25) is 0 Å². The summed E-state index contributed by atoms with van der Waals surface area (Å²) >= 11 is 3.25. The molecule has 1 nitrogen and oxygen atoms in total. The van der Waals surface area contributed by atoms with Gasteiger partial charge in [0, 0.05) is 10.5 Å². The van der Waals surface area contributed by atoms with Gasteiger partial charge in [-0.25, -0.2) is 8.78 Å². The van der Waals surface area contributed by atoms with Gasteiger partial charge in [-0.15, -0.1) is 0 Å². The number of hydrogen-bond acceptors (Lipinski definition) is 1. The van der Waals surface area contributed by atoms with Gasteiger partial charge in [-0.3, -0.25) is 0 Å². The molecule has 0 saturated carbocycles. The first kappa shape index (κ1) is 15.1. The van der Waals surface area contributed by atoms with Gasteiger partial charge in [0.1, 0.15) is 11.6 Å². The largest absolute Gasteiger partial charge is 0.316 e. The van der Waals surface area contributed by atoms with E-state index in [2.05, 4.69) is 21.2 Å². The Morgan fingerprint density at radius 3 is 2.35 bits per heavy atom. The van der Waals surface area contributed by atoms with Crippen LogP contribution in [-0.4, -0.2) is 13.1 Å². The third kappa shape index (κ3) is 4.12. The lowest BCUT2D eigenvalue weighted by Gasteiger charge is -2.17. The topological polar surface area (TPSA) is 12.0 Å². The Bertz CT molecular complexity index is 569. The highest BCUT2D eigenvalue weighted by Gasteiger charge is 2.12. The van der Waals surface area contributed by atoms with Crippen molar-refractivity contribution in [3.05, 3.63) is 69.7 Å². The monoisotopic (exact) mass is 339 g/mol. The van der Waals surface area contributed by atoms with Crippen molar-refractivity contribution in [1.82, 2.24) is 5.32 Å². The number of benzene rings is 2. The molecule has 0 radical (unpaired) electrons. The molecular formula is C16H16BrF2N. The number of rotatable bonds is 5. The maximum atomic E-state index is 13.8. The van der Waals surface area contributed by atoms with Crippen LogP contribution in [0.4, 0.5) is 8.78 Å². The van der Waals surface area contributed by atoms with Gasteiger partial charge in [0.25, 0.3) is 0 Å². The number of hydrogen-bond donors (Lipinski definition) is 1. The summed E-state index contributed by atoms with van der Waals surface area (Å²) in [7, 11) is 1.85. The SMILES string of the molecule is CNC(Cc1ccc(F)cc1)Cc1ccc(Br)cc1F. The first-order chi connectivity index (χ1) is 9.58. The molecule has 1 unspecified atom stereocenters. The zero-order chi connectivity index (χ0) is 14.5. The van der Waals surface area contributed by atoms with E-state index >= 15 is 0 Å². The minimum atomic E-state index is -0.242. The maximum Gasteiger partial charge on any atom is 0.127 e. The Morgan fingerprint density at radius 1 is 1.05 bits per heavy atom. The van der Waals surface area contributed by atoms with Gasteiger partial charge in [0.15, 0.2) is 0 Å². The predicted octanol–water partition coefficient (Wildman–Crippen LogP) is 4.10. The van der Waals surface area contributed by atoms with Crippen LogP contribution in [0.5, 0.6) is 0 Å². The fourth-order valence-electron chi connectivity index (χ4n) is 2.13. The van der Waals surface area contributed by atoms with E-state index in [4.69, 9.17) is 0 Å². The summed E-state index contributed by atoms with van der Waals surface area (Å²) in [4.78, 5) is 0. The number of halogens is 3. The molecule has 20 heavy (non-hydrogen) atoms. The third-order valence-electron chi connectivity index (χ3n) is 3.29. The smallest absolute Gasteiger partial charge is 0.127 e. The first-order valence-corrected chi connectivity index (χ1v) is 7.23. The molecule has 0 bridgehead atoms. The van der Waals surface area contributed by atoms with Crippen molar-refractivity contribution in [3.8, 4) is 0 Å². The number of nitrogens with one attached hydrogen (secondary N) is 1. The standard InChI is InChI=1S/C16H16BrF2N/c1-20-15(8-11-2-6-14(18)7-3-11)9-12-4-5-13(17)10-16(12)19/h2-7,10,15,20H,8-9H2,1H3. The van der Waals surface area contributed by atoms with Gasteiger partial charge in [0.2, 0.25) is 0 Å². The van der Waals surface area contributed by atoms with Crippen LogP contribution in [-0.2, 0) is 12.8 Å². The molecule has 0 aliphatic rings. The quantitative estimate of drug-likeness (QED) is 0.864. The summed E-state index contributed by atoms with van der Waals surface area (Å²) in [6.07, 6.45) is 1.32. The molecule has 106 valence electrons. The molecule has 4 heteroatoms. The summed E-state index contributed by atoms with van der Waals surface area (Å²) in [5.41, 5.74) is 1.71. The summed E-state index contributed by atoms with van der Waals surface area (Å²) in [5, 5.41) is 3.18. The fraction of sp³-hybridized carbons (Fsp3) is 0.250. The van der Waals surface area contributed by atoms with E-state index in [1.54, 1.807) is 18.2 Å². The van der Waals surface area contributed by atoms with Gasteiger partial charge in [-0.1, -0.05) is 34.1 Å². The Kier molecular flexibility index (Phi) is 5.26. The molecule has 0 fully saturated rings. The molecule has 0 saturated heterocycles. The van der Waals surface area contributed by atoms with Crippen LogP contribution in [0.15, 0.2) is 46.9 Å². The Hall–Kier alpha value is -1.26. The molecule has 0 spiro atoms. The molecular weight excluding hydrogens is 324 g/mol. The highest BCUT2D eigenvalue weighted by molar-refractivity contribution is 9.10. The number of likely N-dealkylation sites (N-methyl/N-ethyl adjacent to an activating group) is 1. The van der Waals surface area contributed by atoms with Crippen LogP contribution in [0, 0.1) is 11.6 Å². The normalized spacial score (nSPS) is 12.4. The van der Waals surface area contributed by atoms with Crippen LogP contribution in [0.3, 0.4) is 0 Å². The molecule has 0 aromatic heterocycles. The van der Waals surface area contributed by atoms with Crippen molar-refractivity contribution in [3.63, 3.8) is 0 Å². The van der Waals surface area contributed by atoms with Crippen LogP contribution in [0.1, 0.15) is 11.1 Å². The van der Waals surface area contributed by atoms with Gasteiger partial charge >= 0.3 is 0 Å². The lowest BCUT2D eigenvalue weighted by Crippen LogP contribution is -2.30. The van der Waals surface area contributed by atoms with Crippen molar-refractivity contribution in [1.29, 1.82) is 0 Å². The molecule has 1 N–H and O–H groups in total. The Labute approximate surface area is 126 Å². The van der Waals surface area contributed by atoms with E-state index in [9.17, 15) is 8.78 Å². The fourth-order valence-corrected chi connectivity index (χ4v) is 2.47. The second-order valence-electron chi connectivity index (χ2n) is 4.76.